The van der Waals surface area contributed by atoms with Crippen LogP contribution in [-0.4, -0.2) is 10.7 Å². The van der Waals surface area contributed by atoms with Crippen LogP contribution in [-0.2, 0) is 0 Å². The van der Waals surface area contributed by atoms with Crippen LogP contribution in [0.5, 0.6) is 0 Å². The Hall–Kier alpha value is -0.300. The van der Waals surface area contributed by atoms with Crippen molar-refractivity contribution in [1.82, 2.24) is 0 Å². The van der Waals surface area contributed by atoms with Gasteiger partial charge in [-0.25, -0.2) is 0 Å². The molecule has 3 saturated carbocycles. The SMILES string of the molecule is C.C=C(C)C1CCC2C3CCC(C)(O)C(C)(CCC)C3CCC12C. The van der Waals surface area contributed by atoms with Gasteiger partial charge in [-0.1, -0.05) is 46.8 Å². The lowest BCUT2D eigenvalue weighted by atomic mass is 9.45. The molecule has 0 bridgehead atoms. The van der Waals surface area contributed by atoms with Crippen LogP contribution in [0, 0.1) is 34.5 Å². The van der Waals surface area contributed by atoms with Gasteiger partial charge in [-0.15, -0.1) is 0 Å². The molecule has 3 aliphatic rings. The van der Waals surface area contributed by atoms with Gasteiger partial charge in [0.15, 0.2) is 0 Å². The molecule has 0 saturated heterocycles. The van der Waals surface area contributed by atoms with Crippen LogP contribution in [0.1, 0.15) is 93.4 Å². The summed E-state index contributed by atoms with van der Waals surface area (Å²) in [6, 6.07) is 0. The van der Waals surface area contributed by atoms with Gasteiger partial charge in [-0.3, -0.25) is 0 Å². The number of allylic oxidation sites excluding steroid dienone is 1. The molecule has 3 rings (SSSR count). The first-order valence-electron chi connectivity index (χ1n) is 10.0. The number of aliphatic hydroxyl groups is 1. The summed E-state index contributed by atoms with van der Waals surface area (Å²) in [6.07, 6.45) is 9.98. The van der Waals surface area contributed by atoms with Crippen LogP contribution in [0.4, 0.5) is 0 Å². The molecule has 0 heterocycles. The minimum Gasteiger partial charge on any atom is -0.390 e. The zero-order valence-electron chi connectivity index (χ0n) is 16.1. The number of fused-ring (bicyclic) bond motifs is 3. The van der Waals surface area contributed by atoms with Gasteiger partial charge < -0.3 is 5.11 Å². The van der Waals surface area contributed by atoms with Gasteiger partial charge in [0.2, 0.25) is 0 Å². The van der Waals surface area contributed by atoms with E-state index in [2.05, 4.69) is 41.2 Å². The van der Waals surface area contributed by atoms with E-state index in [4.69, 9.17) is 0 Å². The summed E-state index contributed by atoms with van der Waals surface area (Å²) < 4.78 is 0. The van der Waals surface area contributed by atoms with Gasteiger partial charge in [-0.2, -0.15) is 0 Å². The average Bonchev–Trinajstić information content (AvgIpc) is 2.81. The predicted molar refractivity (Wildman–Crippen MR) is 105 cm³/mol. The lowest BCUT2D eigenvalue weighted by Gasteiger charge is -2.61. The Balaban J connectivity index is 0.00000208. The van der Waals surface area contributed by atoms with E-state index in [9.17, 15) is 5.11 Å². The van der Waals surface area contributed by atoms with Crippen molar-refractivity contribution in [3.05, 3.63) is 12.2 Å². The van der Waals surface area contributed by atoms with Crippen LogP contribution in [0.15, 0.2) is 12.2 Å². The topological polar surface area (TPSA) is 20.2 Å². The molecule has 0 aromatic carbocycles. The fourth-order valence-corrected chi connectivity index (χ4v) is 7.40. The normalized spacial score (nSPS) is 50.6. The van der Waals surface area contributed by atoms with Crippen LogP contribution in [0.25, 0.3) is 0 Å². The Labute approximate surface area is 151 Å². The maximum absolute atomic E-state index is 11.2. The van der Waals surface area contributed by atoms with Gasteiger partial charge in [0.25, 0.3) is 0 Å². The van der Waals surface area contributed by atoms with Crippen molar-refractivity contribution in [2.24, 2.45) is 34.5 Å². The van der Waals surface area contributed by atoms with Crippen LogP contribution >= 0.6 is 0 Å². The molecule has 0 aromatic heterocycles. The monoisotopic (exact) mass is 334 g/mol. The molecular formula is C23H42O. The zero-order chi connectivity index (χ0) is 17.0. The molecular weight excluding hydrogens is 292 g/mol. The third kappa shape index (κ3) is 2.61. The molecule has 0 radical (unpaired) electrons. The summed E-state index contributed by atoms with van der Waals surface area (Å²) in [6.45, 7) is 15.9. The first-order valence-corrected chi connectivity index (χ1v) is 10.0. The zero-order valence-corrected chi connectivity index (χ0v) is 16.1. The molecule has 1 nitrogen and oxygen atoms in total. The van der Waals surface area contributed by atoms with Gasteiger partial charge in [-0.05, 0) is 93.3 Å². The maximum Gasteiger partial charge on any atom is 0.0675 e. The van der Waals surface area contributed by atoms with Gasteiger partial charge in [0.05, 0.1) is 5.60 Å². The van der Waals surface area contributed by atoms with Crippen molar-refractivity contribution in [3.8, 4) is 0 Å². The average molecular weight is 335 g/mol. The van der Waals surface area contributed by atoms with E-state index in [1.165, 1.54) is 50.5 Å². The number of hydrogen-bond acceptors (Lipinski definition) is 1. The van der Waals surface area contributed by atoms with E-state index < -0.39 is 5.60 Å². The largest absolute Gasteiger partial charge is 0.390 e. The molecule has 0 aliphatic heterocycles. The summed E-state index contributed by atoms with van der Waals surface area (Å²) in [7, 11) is 0. The Morgan fingerprint density at radius 3 is 2.29 bits per heavy atom. The van der Waals surface area contributed by atoms with Crippen molar-refractivity contribution in [2.45, 2.75) is 99.0 Å². The molecule has 7 unspecified atom stereocenters. The molecule has 140 valence electrons. The molecule has 3 aliphatic carbocycles. The highest BCUT2D eigenvalue weighted by atomic mass is 16.3. The Morgan fingerprint density at radius 2 is 1.71 bits per heavy atom. The first-order chi connectivity index (χ1) is 10.7. The summed E-state index contributed by atoms with van der Waals surface area (Å²) >= 11 is 0. The molecule has 0 amide bonds. The van der Waals surface area contributed by atoms with Crippen molar-refractivity contribution in [2.75, 3.05) is 0 Å². The fraction of sp³-hybridized carbons (Fsp3) is 0.913. The molecule has 1 heteroatoms. The molecule has 0 spiro atoms. The van der Waals surface area contributed by atoms with Gasteiger partial charge in [0, 0.05) is 0 Å². The molecule has 3 fully saturated rings. The van der Waals surface area contributed by atoms with E-state index in [1.807, 2.05) is 0 Å². The van der Waals surface area contributed by atoms with Crippen LogP contribution in [0.2, 0.25) is 0 Å². The van der Waals surface area contributed by atoms with Crippen LogP contribution in [0.3, 0.4) is 0 Å². The van der Waals surface area contributed by atoms with Crippen LogP contribution < -0.4 is 0 Å². The predicted octanol–water partition coefficient (Wildman–Crippen LogP) is 6.61. The lowest BCUT2D eigenvalue weighted by Crippen LogP contribution is -2.58. The standard InChI is InChI=1S/C22H38O.CH4/c1-7-12-21(5)19-11-13-20(4)17(15(2)3)8-9-18(20)16(19)10-14-22(21,6)23;/h16-19,23H,2,7-14H2,1,3-6H3;1H4. The van der Waals surface area contributed by atoms with E-state index >= 15 is 0 Å². The van der Waals surface area contributed by atoms with Crippen molar-refractivity contribution in [3.63, 3.8) is 0 Å². The Morgan fingerprint density at radius 1 is 1.04 bits per heavy atom. The minimum atomic E-state index is -0.482. The fourth-order valence-electron chi connectivity index (χ4n) is 7.40. The highest BCUT2D eigenvalue weighted by Crippen LogP contribution is 2.67. The van der Waals surface area contributed by atoms with E-state index in [1.54, 1.807) is 0 Å². The summed E-state index contributed by atoms with van der Waals surface area (Å²) in [5, 5.41) is 11.2. The third-order valence-electron chi connectivity index (χ3n) is 8.81. The third-order valence-corrected chi connectivity index (χ3v) is 8.81. The van der Waals surface area contributed by atoms with E-state index in [-0.39, 0.29) is 12.8 Å². The second-order valence-corrected chi connectivity index (χ2v) is 9.88. The second kappa shape index (κ2) is 6.45. The second-order valence-electron chi connectivity index (χ2n) is 9.88. The minimum absolute atomic E-state index is 0. The van der Waals surface area contributed by atoms with E-state index in [0.717, 1.165) is 24.2 Å². The smallest absolute Gasteiger partial charge is 0.0675 e. The first kappa shape index (κ1) is 20.0. The number of hydrogen-bond donors (Lipinski definition) is 1. The highest BCUT2D eigenvalue weighted by molar-refractivity contribution is 5.16. The van der Waals surface area contributed by atoms with Crippen molar-refractivity contribution < 1.29 is 5.11 Å². The summed E-state index contributed by atoms with van der Waals surface area (Å²) in [4.78, 5) is 0. The van der Waals surface area contributed by atoms with Gasteiger partial charge >= 0.3 is 0 Å². The van der Waals surface area contributed by atoms with Crippen molar-refractivity contribution >= 4 is 0 Å². The Bertz CT molecular complexity index is 478. The quantitative estimate of drug-likeness (QED) is 0.576. The maximum atomic E-state index is 11.2. The van der Waals surface area contributed by atoms with Crippen molar-refractivity contribution in [1.29, 1.82) is 0 Å². The summed E-state index contributed by atoms with van der Waals surface area (Å²) in [5.41, 5.74) is 1.51. The van der Waals surface area contributed by atoms with Gasteiger partial charge in [0.1, 0.15) is 0 Å². The van der Waals surface area contributed by atoms with E-state index in [0.29, 0.717) is 11.3 Å². The number of rotatable bonds is 3. The highest BCUT2D eigenvalue weighted by Gasteiger charge is 2.61. The molecule has 24 heavy (non-hydrogen) atoms. The molecule has 7 atom stereocenters. The lowest BCUT2D eigenvalue weighted by molar-refractivity contribution is -0.180. The molecule has 1 N–H and O–H groups in total. The Kier molecular flexibility index (Phi) is 5.38. The summed E-state index contributed by atoms with van der Waals surface area (Å²) in [5.74, 6) is 3.13. The molecule has 0 aromatic rings.